The number of aliphatic hydroxyl groups excluding tert-OH is 1. The van der Waals surface area contributed by atoms with Gasteiger partial charge in [-0.1, -0.05) is 18.3 Å². The zero-order valence-corrected chi connectivity index (χ0v) is 16.4. The van der Waals surface area contributed by atoms with Crippen LogP contribution in [0, 0.1) is 6.92 Å². The van der Waals surface area contributed by atoms with Crippen LogP contribution in [0.25, 0.3) is 20.6 Å². The third kappa shape index (κ3) is 3.80. The highest BCUT2D eigenvalue weighted by molar-refractivity contribution is 7.29. The summed E-state index contributed by atoms with van der Waals surface area (Å²) in [6, 6.07) is 7.22. The van der Waals surface area contributed by atoms with Gasteiger partial charge in [-0.25, -0.2) is 9.97 Å². The standard InChI is InChI=1S/C18H18N4O3S2/c1-3-11(23)8-19-18-22-17-15(27-18)7-14(26-17)16(24)21-10-4-5-13-12(6-10)20-9(2)25-13/h4-7,11,23H,3,8H2,1-2H3,(H,19,22)(H,21,24). The number of oxazole rings is 1. The highest BCUT2D eigenvalue weighted by Gasteiger charge is 2.15. The summed E-state index contributed by atoms with van der Waals surface area (Å²) in [6.07, 6.45) is 0.302. The summed E-state index contributed by atoms with van der Waals surface area (Å²) in [7, 11) is 0. The first-order valence-electron chi connectivity index (χ1n) is 8.52. The van der Waals surface area contributed by atoms with E-state index in [0.29, 0.717) is 40.5 Å². The molecule has 3 N–H and O–H groups in total. The number of amides is 1. The number of nitrogens with zero attached hydrogens (tertiary/aromatic N) is 2. The molecule has 1 unspecified atom stereocenters. The smallest absolute Gasteiger partial charge is 0.265 e. The molecule has 0 saturated carbocycles. The molecule has 3 heterocycles. The van der Waals surface area contributed by atoms with E-state index in [1.807, 2.05) is 13.0 Å². The highest BCUT2D eigenvalue weighted by atomic mass is 32.1. The van der Waals surface area contributed by atoms with Gasteiger partial charge in [-0.15, -0.1) is 11.3 Å². The second-order valence-electron chi connectivity index (χ2n) is 6.11. The molecule has 0 aliphatic carbocycles. The van der Waals surface area contributed by atoms with Gasteiger partial charge in [0.1, 0.15) is 10.3 Å². The number of fused-ring (bicyclic) bond motifs is 2. The van der Waals surface area contributed by atoms with Crippen LogP contribution in [0.15, 0.2) is 28.7 Å². The molecule has 1 amide bonds. The molecular weight excluding hydrogens is 384 g/mol. The lowest BCUT2D eigenvalue weighted by molar-refractivity contribution is 0.103. The van der Waals surface area contributed by atoms with E-state index >= 15 is 0 Å². The summed E-state index contributed by atoms with van der Waals surface area (Å²) in [5.74, 6) is 0.412. The molecule has 140 valence electrons. The third-order valence-corrected chi connectivity index (χ3v) is 6.14. The molecule has 0 spiro atoms. The van der Waals surface area contributed by atoms with Gasteiger partial charge in [-0.3, -0.25) is 4.79 Å². The van der Waals surface area contributed by atoms with Crippen LogP contribution in [-0.4, -0.2) is 33.6 Å². The molecule has 27 heavy (non-hydrogen) atoms. The van der Waals surface area contributed by atoms with E-state index in [4.69, 9.17) is 4.42 Å². The summed E-state index contributed by atoms with van der Waals surface area (Å²) < 4.78 is 6.39. The van der Waals surface area contributed by atoms with Gasteiger partial charge < -0.3 is 20.2 Å². The van der Waals surface area contributed by atoms with Crippen LogP contribution in [0.4, 0.5) is 10.8 Å². The Bertz CT molecular complexity index is 1080. The van der Waals surface area contributed by atoms with E-state index in [2.05, 4.69) is 20.6 Å². The molecule has 1 atom stereocenters. The Morgan fingerprint density at radius 2 is 2.15 bits per heavy atom. The number of hydrogen-bond donors (Lipinski definition) is 3. The van der Waals surface area contributed by atoms with Crippen molar-refractivity contribution in [3.63, 3.8) is 0 Å². The van der Waals surface area contributed by atoms with Crippen LogP contribution in [0.5, 0.6) is 0 Å². The van der Waals surface area contributed by atoms with Crippen LogP contribution in [0.3, 0.4) is 0 Å². The van der Waals surface area contributed by atoms with Crippen molar-refractivity contribution < 1.29 is 14.3 Å². The second kappa shape index (κ2) is 7.26. The number of hydrogen-bond acceptors (Lipinski definition) is 8. The Labute approximate surface area is 163 Å². The van der Waals surface area contributed by atoms with E-state index in [-0.39, 0.29) is 12.0 Å². The molecule has 1 aromatic carbocycles. The summed E-state index contributed by atoms with van der Waals surface area (Å²) in [6.45, 7) is 4.18. The average molecular weight is 403 g/mol. The maximum absolute atomic E-state index is 12.5. The van der Waals surface area contributed by atoms with Crippen molar-refractivity contribution in [1.82, 2.24) is 9.97 Å². The Hall–Kier alpha value is -2.49. The minimum atomic E-state index is -0.390. The maximum Gasteiger partial charge on any atom is 0.265 e. The first kappa shape index (κ1) is 17.9. The number of benzene rings is 1. The van der Waals surface area contributed by atoms with E-state index in [0.717, 1.165) is 14.7 Å². The number of anilines is 2. The Morgan fingerprint density at radius 3 is 2.93 bits per heavy atom. The summed E-state index contributed by atoms with van der Waals surface area (Å²) in [4.78, 5) is 22.7. The second-order valence-corrected chi connectivity index (χ2v) is 8.17. The van der Waals surface area contributed by atoms with Gasteiger partial charge in [0.15, 0.2) is 16.6 Å². The first-order valence-corrected chi connectivity index (χ1v) is 10.2. The molecule has 0 saturated heterocycles. The molecule has 0 radical (unpaired) electrons. The molecule has 0 aliphatic rings. The number of aromatic nitrogens is 2. The summed E-state index contributed by atoms with van der Waals surface area (Å²) >= 11 is 2.82. The van der Waals surface area contributed by atoms with Gasteiger partial charge in [0.25, 0.3) is 5.91 Å². The van der Waals surface area contributed by atoms with E-state index in [9.17, 15) is 9.90 Å². The van der Waals surface area contributed by atoms with Crippen molar-refractivity contribution >= 4 is 60.0 Å². The van der Waals surface area contributed by atoms with E-state index in [1.54, 1.807) is 25.1 Å². The van der Waals surface area contributed by atoms with Gasteiger partial charge in [-0.2, -0.15) is 0 Å². The number of nitrogens with one attached hydrogen (secondary N) is 2. The van der Waals surface area contributed by atoms with Gasteiger partial charge in [0.05, 0.1) is 15.7 Å². The van der Waals surface area contributed by atoms with Crippen LogP contribution in [0.2, 0.25) is 0 Å². The fourth-order valence-electron chi connectivity index (χ4n) is 2.59. The largest absolute Gasteiger partial charge is 0.441 e. The van der Waals surface area contributed by atoms with Gasteiger partial charge in [0, 0.05) is 19.2 Å². The molecule has 3 aromatic heterocycles. The first-order chi connectivity index (χ1) is 13.0. The Morgan fingerprint density at radius 1 is 1.30 bits per heavy atom. The monoisotopic (exact) mass is 402 g/mol. The number of thiazole rings is 1. The van der Waals surface area contributed by atoms with Crippen LogP contribution in [0.1, 0.15) is 28.9 Å². The zero-order valence-electron chi connectivity index (χ0n) is 14.8. The van der Waals surface area contributed by atoms with E-state index < -0.39 is 0 Å². The quantitative estimate of drug-likeness (QED) is 0.446. The lowest BCUT2D eigenvalue weighted by atomic mass is 10.3. The number of thiophene rings is 1. The van der Waals surface area contributed by atoms with Crippen LogP contribution < -0.4 is 10.6 Å². The topological polar surface area (TPSA) is 100 Å². The fraction of sp³-hybridized carbons (Fsp3) is 0.278. The van der Waals surface area contributed by atoms with Gasteiger partial charge in [0.2, 0.25) is 0 Å². The number of carbonyl (C=O) groups is 1. The lowest BCUT2D eigenvalue weighted by Crippen LogP contribution is -2.17. The molecule has 0 aliphatic heterocycles. The molecule has 9 heteroatoms. The fourth-order valence-corrected chi connectivity index (χ4v) is 4.60. The van der Waals surface area contributed by atoms with Gasteiger partial charge in [-0.05, 0) is 30.7 Å². The number of aliphatic hydroxyl groups is 1. The molecule has 4 aromatic rings. The van der Waals surface area contributed by atoms with Crippen molar-refractivity contribution in [3.05, 3.63) is 35.0 Å². The average Bonchev–Trinajstić information content (AvgIpc) is 3.30. The Balaban J connectivity index is 1.47. The predicted octanol–water partition coefficient (Wildman–Crippen LogP) is 4.24. The van der Waals surface area contributed by atoms with Crippen molar-refractivity contribution in [2.45, 2.75) is 26.4 Å². The molecular formula is C18H18N4O3S2. The molecule has 7 nitrogen and oxygen atoms in total. The highest BCUT2D eigenvalue weighted by Crippen LogP contribution is 2.33. The van der Waals surface area contributed by atoms with Crippen LogP contribution >= 0.6 is 22.7 Å². The number of aryl methyl sites for hydroxylation is 1. The third-order valence-electron chi connectivity index (χ3n) is 4.03. The number of carbonyl (C=O) groups excluding carboxylic acids is 1. The SMILES string of the molecule is CCC(O)CNc1nc2sc(C(=O)Nc3ccc4oc(C)nc4c3)cc2s1. The van der Waals surface area contributed by atoms with Crippen molar-refractivity contribution in [2.24, 2.45) is 0 Å². The van der Waals surface area contributed by atoms with Crippen molar-refractivity contribution in [2.75, 3.05) is 17.2 Å². The maximum atomic E-state index is 12.5. The minimum absolute atomic E-state index is 0.180. The molecule has 4 rings (SSSR count). The normalized spacial score (nSPS) is 12.6. The molecule has 0 bridgehead atoms. The predicted molar refractivity (Wildman–Crippen MR) is 109 cm³/mol. The summed E-state index contributed by atoms with van der Waals surface area (Å²) in [5, 5.41) is 16.4. The summed E-state index contributed by atoms with van der Waals surface area (Å²) in [5.41, 5.74) is 2.07. The van der Waals surface area contributed by atoms with Crippen molar-refractivity contribution in [3.8, 4) is 0 Å². The lowest BCUT2D eigenvalue weighted by Gasteiger charge is -2.07. The van der Waals surface area contributed by atoms with Crippen LogP contribution in [-0.2, 0) is 0 Å². The number of rotatable bonds is 6. The zero-order chi connectivity index (χ0) is 19.0. The van der Waals surface area contributed by atoms with Crippen molar-refractivity contribution in [1.29, 1.82) is 0 Å². The molecule has 0 fully saturated rings. The van der Waals surface area contributed by atoms with Gasteiger partial charge >= 0.3 is 0 Å². The minimum Gasteiger partial charge on any atom is -0.441 e. The Kier molecular flexibility index (Phi) is 4.81. The van der Waals surface area contributed by atoms with E-state index in [1.165, 1.54) is 22.7 Å².